The average Bonchev–Trinajstić information content (AvgIpc) is 2.72. The average molecular weight is 446 g/mol. The molecule has 0 saturated carbocycles. The molecular formula is C20H13Cl2N3O5. The molecule has 8 nitrogen and oxygen atoms in total. The first-order valence-corrected chi connectivity index (χ1v) is 9.14. The minimum atomic E-state index is -1.25. The number of esters is 1. The van der Waals surface area contributed by atoms with Crippen molar-refractivity contribution in [3.05, 3.63) is 96.5 Å². The second-order valence-corrected chi connectivity index (χ2v) is 6.94. The van der Waals surface area contributed by atoms with E-state index in [2.05, 4.69) is 0 Å². The van der Waals surface area contributed by atoms with Gasteiger partial charge in [0, 0.05) is 15.6 Å². The maximum Gasteiger partial charge on any atom is 0.338 e. The SMILES string of the molecule is COC(=O)c1ccccc1C1=C([N+](=O)[O-])[C@@H](c2ccc(Cl)cc2Cl)C(C#N)=C(N)O1. The number of nitrogens with two attached hydrogens (primary N) is 1. The maximum absolute atomic E-state index is 12.2. The molecule has 1 atom stereocenters. The van der Waals surface area contributed by atoms with Gasteiger partial charge in [-0.2, -0.15) is 5.26 Å². The van der Waals surface area contributed by atoms with Gasteiger partial charge in [-0.15, -0.1) is 0 Å². The van der Waals surface area contributed by atoms with Crippen LogP contribution in [0.15, 0.2) is 59.6 Å². The van der Waals surface area contributed by atoms with E-state index in [0.717, 1.165) is 0 Å². The predicted molar refractivity (Wildman–Crippen MR) is 109 cm³/mol. The van der Waals surface area contributed by atoms with Gasteiger partial charge in [0.1, 0.15) is 17.6 Å². The van der Waals surface area contributed by atoms with Crippen molar-refractivity contribution in [2.75, 3.05) is 7.11 Å². The van der Waals surface area contributed by atoms with E-state index in [1.165, 1.54) is 37.4 Å². The Bertz CT molecular complexity index is 1170. The van der Waals surface area contributed by atoms with Crippen LogP contribution in [0.5, 0.6) is 0 Å². The molecule has 10 heteroatoms. The quantitative estimate of drug-likeness (QED) is 0.423. The summed E-state index contributed by atoms with van der Waals surface area (Å²) in [7, 11) is 1.18. The van der Waals surface area contributed by atoms with Gasteiger partial charge in [-0.25, -0.2) is 4.79 Å². The van der Waals surface area contributed by atoms with E-state index in [1.807, 2.05) is 6.07 Å². The molecule has 30 heavy (non-hydrogen) atoms. The fourth-order valence-corrected chi connectivity index (χ4v) is 3.65. The number of nitrogens with zero attached hydrogens (tertiary/aromatic N) is 2. The normalized spacial score (nSPS) is 16.0. The summed E-state index contributed by atoms with van der Waals surface area (Å²) in [5, 5.41) is 22.2. The lowest BCUT2D eigenvalue weighted by Crippen LogP contribution is -2.25. The molecule has 2 aromatic rings. The summed E-state index contributed by atoms with van der Waals surface area (Å²) in [4.78, 5) is 23.6. The van der Waals surface area contributed by atoms with Crippen LogP contribution in [0.3, 0.4) is 0 Å². The van der Waals surface area contributed by atoms with Crippen molar-refractivity contribution in [2.45, 2.75) is 5.92 Å². The van der Waals surface area contributed by atoms with Crippen LogP contribution >= 0.6 is 23.2 Å². The molecule has 0 saturated heterocycles. The van der Waals surface area contributed by atoms with Crippen LogP contribution in [0.4, 0.5) is 0 Å². The Morgan fingerprint density at radius 3 is 2.60 bits per heavy atom. The third-order valence-electron chi connectivity index (χ3n) is 4.44. The third kappa shape index (κ3) is 3.68. The number of methoxy groups -OCH3 is 1. The minimum Gasteiger partial charge on any atom is -0.465 e. The van der Waals surface area contributed by atoms with E-state index in [-0.39, 0.29) is 38.9 Å². The monoisotopic (exact) mass is 445 g/mol. The number of nitriles is 1. The summed E-state index contributed by atoms with van der Waals surface area (Å²) in [5.74, 6) is -2.59. The number of rotatable bonds is 4. The first-order valence-electron chi connectivity index (χ1n) is 8.39. The van der Waals surface area contributed by atoms with Crippen LogP contribution in [-0.4, -0.2) is 18.0 Å². The van der Waals surface area contributed by atoms with Crippen LogP contribution in [0.1, 0.15) is 27.4 Å². The fraction of sp³-hybridized carbons (Fsp3) is 0.100. The van der Waals surface area contributed by atoms with E-state index < -0.39 is 22.5 Å². The van der Waals surface area contributed by atoms with Crippen LogP contribution in [-0.2, 0) is 9.47 Å². The Morgan fingerprint density at radius 1 is 1.30 bits per heavy atom. The van der Waals surface area contributed by atoms with E-state index in [0.29, 0.717) is 5.02 Å². The predicted octanol–water partition coefficient (Wildman–Crippen LogP) is 4.23. The number of hydrogen-bond acceptors (Lipinski definition) is 7. The van der Waals surface area contributed by atoms with Crippen molar-refractivity contribution in [2.24, 2.45) is 5.73 Å². The highest BCUT2D eigenvalue weighted by atomic mass is 35.5. The van der Waals surface area contributed by atoms with Crippen molar-refractivity contribution in [3.8, 4) is 6.07 Å². The summed E-state index contributed by atoms with van der Waals surface area (Å²) in [6.07, 6.45) is 0. The lowest BCUT2D eigenvalue weighted by molar-refractivity contribution is -0.429. The molecule has 1 aliphatic rings. The first-order chi connectivity index (χ1) is 14.3. The number of carbonyl (C=O) groups excluding carboxylic acids is 1. The Hall–Kier alpha value is -3.54. The molecule has 0 spiro atoms. The highest BCUT2D eigenvalue weighted by molar-refractivity contribution is 6.35. The molecule has 0 fully saturated rings. The summed E-state index contributed by atoms with van der Waals surface area (Å²) in [6.45, 7) is 0. The van der Waals surface area contributed by atoms with Gasteiger partial charge in [-0.05, 0) is 23.8 Å². The number of ether oxygens (including phenoxy) is 2. The van der Waals surface area contributed by atoms with E-state index in [4.69, 9.17) is 38.4 Å². The molecule has 3 rings (SSSR count). The smallest absolute Gasteiger partial charge is 0.338 e. The molecular weight excluding hydrogens is 433 g/mol. The summed E-state index contributed by atoms with van der Waals surface area (Å²) >= 11 is 12.2. The zero-order valence-electron chi connectivity index (χ0n) is 15.4. The molecule has 0 unspecified atom stereocenters. The topological polar surface area (TPSA) is 128 Å². The van der Waals surface area contributed by atoms with Crippen molar-refractivity contribution in [3.63, 3.8) is 0 Å². The Labute approximate surface area is 180 Å². The molecule has 0 amide bonds. The van der Waals surface area contributed by atoms with Gasteiger partial charge >= 0.3 is 11.7 Å². The third-order valence-corrected chi connectivity index (χ3v) is 5.00. The number of halogens is 2. The van der Waals surface area contributed by atoms with Gasteiger partial charge < -0.3 is 15.2 Å². The summed E-state index contributed by atoms with van der Waals surface area (Å²) < 4.78 is 10.3. The molecule has 0 bridgehead atoms. The second-order valence-electron chi connectivity index (χ2n) is 6.10. The molecule has 1 aliphatic heterocycles. The zero-order chi connectivity index (χ0) is 22.0. The molecule has 152 valence electrons. The zero-order valence-corrected chi connectivity index (χ0v) is 16.9. The van der Waals surface area contributed by atoms with Gasteiger partial charge in [0.05, 0.1) is 17.6 Å². The molecule has 0 aliphatic carbocycles. The Balaban J connectivity index is 2.36. The van der Waals surface area contributed by atoms with Gasteiger partial charge in [-0.1, -0.05) is 47.5 Å². The summed E-state index contributed by atoms with van der Waals surface area (Å²) in [5.41, 5.74) is 5.61. The van der Waals surface area contributed by atoms with Gasteiger partial charge in [-0.3, -0.25) is 10.1 Å². The first kappa shape index (κ1) is 21.2. The number of benzene rings is 2. The molecule has 2 N–H and O–H groups in total. The van der Waals surface area contributed by atoms with Crippen LogP contribution < -0.4 is 5.73 Å². The van der Waals surface area contributed by atoms with Crippen molar-refractivity contribution >= 4 is 34.9 Å². The van der Waals surface area contributed by atoms with Gasteiger partial charge in [0.2, 0.25) is 11.6 Å². The van der Waals surface area contributed by atoms with E-state index in [9.17, 15) is 20.2 Å². The highest BCUT2D eigenvalue weighted by Gasteiger charge is 2.43. The molecule has 0 radical (unpaired) electrons. The number of hydrogen-bond donors (Lipinski definition) is 1. The number of allylic oxidation sites excluding steroid dienone is 1. The largest absolute Gasteiger partial charge is 0.465 e. The van der Waals surface area contributed by atoms with Crippen molar-refractivity contribution in [1.29, 1.82) is 5.26 Å². The number of nitro groups is 1. The van der Waals surface area contributed by atoms with Crippen molar-refractivity contribution in [1.82, 2.24) is 0 Å². The van der Waals surface area contributed by atoms with Crippen molar-refractivity contribution < 1.29 is 19.2 Å². The molecule has 0 aromatic heterocycles. The molecule has 1 heterocycles. The number of carbonyl (C=O) groups is 1. The van der Waals surface area contributed by atoms with Gasteiger partial charge in [0.15, 0.2) is 0 Å². The second kappa shape index (κ2) is 8.45. The Kier molecular flexibility index (Phi) is 5.96. The van der Waals surface area contributed by atoms with Gasteiger partial charge in [0.25, 0.3) is 0 Å². The maximum atomic E-state index is 12.2. The van der Waals surface area contributed by atoms with Crippen LogP contribution in [0.25, 0.3) is 5.76 Å². The lowest BCUT2D eigenvalue weighted by atomic mass is 9.85. The fourth-order valence-electron chi connectivity index (χ4n) is 3.14. The minimum absolute atomic E-state index is 0.0310. The lowest BCUT2D eigenvalue weighted by Gasteiger charge is -2.25. The van der Waals surface area contributed by atoms with E-state index >= 15 is 0 Å². The standard InChI is InChI=1S/C20H13Cl2N3O5/c1-29-20(26)12-5-3-2-4-11(12)18-17(25(27)28)16(14(9-23)19(24)30-18)13-7-6-10(21)8-15(13)22/h2-8,16H,24H2,1H3/t16-/m0/s1. The van der Waals surface area contributed by atoms with Crippen LogP contribution in [0.2, 0.25) is 10.0 Å². The highest BCUT2D eigenvalue weighted by Crippen LogP contribution is 2.45. The van der Waals surface area contributed by atoms with Crippen LogP contribution in [0, 0.1) is 21.4 Å². The molecule has 2 aromatic carbocycles. The summed E-state index contributed by atoms with van der Waals surface area (Å²) in [6, 6.07) is 12.2. The van der Waals surface area contributed by atoms with E-state index in [1.54, 1.807) is 12.1 Å². The Morgan fingerprint density at radius 2 is 2.00 bits per heavy atom.